The fraction of sp³-hybridized carbons (Fsp3) is 0.467. The first kappa shape index (κ1) is 15.9. The van der Waals surface area contributed by atoms with E-state index in [1.165, 1.54) is 5.56 Å². The lowest BCUT2D eigenvalue weighted by molar-refractivity contribution is -0.695. The van der Waals surface area contributed by atoms with Crippen molar-refractivity contribution >= 4 is 23.6 Å². The van der Waals surface area contributed by atoms with Crippen LogP contribution in [0, 0.1) is 0 Å². The largest absolute Gasteiger partial charge is 0.548 e. The summed E-state index contributed by atoms with van der Waals surface area (Å²) in [5, 5.41) is 15.6. The third kappa shape index (κ3) is 4.22. The van der Waals surface area contributed by atoms with Crippen molar-refractivity contribution in [3.8, 4) is 0 Å². The van der Waals surface area contributed by atoms with Gasteiger partial charge < -0.3 is 20.5 Å². The number of carbonyl (C=O) groups excluding carboxylic acids is 2. The van der Waals surface area contributed by atoms with E-state index in [0.29, 0.717) is 18.6 Å². The zero-order chi connectivity index (χ0) is 15.2. The Hall–Kier alpha value is -1.53. The number of quaternary nitrogens is 1. The predicted molar refractivity (Wildman–Crippen MR) is 79.5 cm³/mol. The van der Waals surface area contributed by atoms with Gasteiger partial charge in [0.1, 0.15) is 6.54 Å². The molecule has 5 nitrogen and oxygen atoms in total. The maximum atomic E-state index is 12.2. The summed E-state index contributed by atoms with van der Waals surface area (Å²) in [5.41, 5.74) is 2.40. The van der Waals surface area contributed by atoms with Gasteiger partial charge in [-0.15, -0.1) is 0 Å². The second-order valence-electron chi connectivity index (χ2n) is 5.18. The van der Waals surface area contributed by atoms with Crippen LogP contribution in [0.2, 0.25) is 0 Å². The van der Waals surface area contributed by atoms with Crippen LogP contribution in [0.5, 0.6) is 0 Å². The van der Waals surface area contributed by atoms with E-state index < -0.39 is 12.0 Å². The monoisotopic (exact) mass is 308 g/mol. The van der Waals surface area contributed by atoms with Gasteiger partial charge in [-0.3, -0.25) is 4.79 Å². The summed E-state index contributed by atoms with van der Waals surface area (Å²) in [5.74, 6) is -0.760. The van der Waals surface area contributed by atoms with Gasteiger partial charge in [0.25, 0.3) is 5.91 Å². The minimum absolute atomic E-state index is 0.222. The molecule has 0 aromatic heterocycles. The first-order valence-electron chi connectivity index (χ1n) is 7.02. The average Bonchev–Trinajstić information content (AvgIpc) is 2.50. The van der Waals surface area contributed by atoms with Gasteiger partial charge in [-0.2, -0.15) is 11.8 Å². The first-order valence-corrected chi connectivity index (χ1v) is 8.41. The van der Waals surface area contributed by atoms with E-state index in [9.17, 15) is 14.7 Å². The fourth-order valence-corrected chi connectivity index (χ4v) is 2.98. The lowest BCUT2D eigenvalue weighted by Gasteiger charge is -2.25. The molecule has 1 heterocycles. The quantitative estimate of drug-likeness (QED) is 0.681. The van der Waals surface area contributed by atoms with E-state index in [1.807, 2.05) is 29.8 Å². The molecule has 0 saturated heterocycles. The zero-order valence-corrected chi connectivity index (χ0v) is 12.8. The molecule has 1 amide bonds. The Labute approximate surface area is 128 Å². The zero-order valence-electron chi connectivity index (χ0n) is 12.0. The molecule has 2 rings (SSSR count). The normalized spacial score (nSPS) is 18.6. The number of amides is 1. The second-order valence-corrected chi connectivity index (χ2v) is 6.17. The molecule has 0 aliphatic carbocycles. The van der Waals surface area contributed by atoms with Crippen LogP contribution in [-0.4, -0.2) is 36.0 Å². The fourth-order valence-electron chi connectivity index (χ4n) is 2.51. The second kappa shape index (κ2) is 7.47. The van der Waals surface area contributed by atoms with Crippen molar-refractivity contribution < 1.29 is 20.0 Å². The van der Waals surface area contributed by atoms with Gasteiger partial charge in [0.2, 0.25) is 0 Å². The Morgan fingerprint density at radius 1 is 1.43 bits per heavy atom. The van der Waals surface area contributed by atoms with Crippen LogP contribution in [-0.2, 0) is 22.6 Å². The Kier molecular flexibility index (Phi) is 5.64. The van der Waals surface area contributed by atoms with Gasteiger partial charge in [0.15, 0.2) is 6.04 Å². The molecule has 114 valence electrons. The van der Waals surface area contributed by atoms with Gasteiger partial charge in [0.05, 0.1) is 12.0 Å². The van der Waals surface area contributed by atoms with Gasteiger partial charge in [0, 0.05) is 12.0 Å². The van der Waals surface area contributed by atoms with E-state index in [4.69, 9.17) is 0 Å². The summed E-state index contributed by atoms with van der Waals surface area (Å²) < 4.78 is 0. The summed E-state index contributed by atoms with van der Waals surface area (Å²) >= 11 is 1.55. The number of carboxylic acid groups (broad SMARTS) is 1. The topological polar surface area (TPSA) is 85.8 Å². The maximum Gasteiger partial charge on any atom is 0.279 e. The Balaban J connectivity index is 1.96. The molecule has 1 aliphatic heterocycles. The van der Waals surface area contributed by atoms with Crippen LogP contribution in [0.25, 0.3) is 0 Å². The third-order valence-corrected chi connectivity index (χ3v) is 4.37. The van der Waals surface area contributed by atoms with E-state index in [2.05, 4.69) is 11.4 Å². The average molecular weight is 308 g/mol. The number of aliphatic carboxylic acids is 1. The van der Waals surface area contributed by atoms with Crippen molar-refractivity contribution in [2.75, 3.05) is 12.0 Å². The van der Waals surface area contributed by atoms with E-state index in [-0.39, 0.29) is 11.9 Å². The summed E-state index contributed by atoms with van der Waals surface area (Å²) in [6.07, 6.45) is 2.92. The molecule has 1 aromatic rings. The molecule has 0 fully saturated rings. The highest BCUT2D eigenvalue weighted by molar-refractivity contribution is 7.98. The van der Waals surface area contributed by atoms with Gasteiger partial charge >= 0.3 is 0 Å². The molecular weight excluding hydrogens is 288 g/mol. The predicted octanol–water partition coefficient (Wildman–Crippen LogP) is -1.34. The van der Waals surface area contributed by atoms with Gasteiger partial charge in [-0.25, -0.2) is 0 Å². The Morgan fingerprint density at radius 3 is 2.81 bits per heavy atom. The van der Waals surface area contributed by atoms with E-state index in [0.717, 1.165) is 12.1 Å². The molecule has 0 unspecified atom stereocenters. The van der Waals surface area contributed by atoms with Gasteiger partial charge in [-0.05, 0) is 24.0 Å². The Bertz CT molecular complexity index is 521. The molecule has 3 N–H and O–H groups in total. The molecule has 1 aliphatic rings. The third-order valence-electron chi connectivity index (χ3n) is 3.73. The van der Waals surface area contributed by atoms with E-state index in [1.54, 1.807) is 11.8 Å². The van der Waals surface area contributed by atoms with Crippen molar-refractivity contribution in [2.45, 2.75) is 31.5 Å². The van der Waals surface area contributed by atoms with Crippen molar-refractivity contribution in [1.82, 2.24) is 5.32 Å². The Morgan fingerprint density at radius 2 is 2.14 bits per heavy atom. The smallest absolute Gasteiger partial charge is 0.279 e. The summed E-state index contributed by atoms with van der Waals surface area (Å²) in [4.78, 5) is 23.3. The van der Waals surface area contributed by atoms with Crippen LogP contribution >= 0.6 is 11.8 Å². The van der Waals surface area contributed by atoms with Crippen molar-refractivity contribution in [1.29, 1.82) is 0 Å². The molecule has 21 heavy (non-hydrogen) atoms. The number of hydrogen-bond acceptors (Lipinski definition) is 4. The first-order chi connectivity index (χ1) is 10.1. The van der Waals surface area contributed by atoms with Crippen LogP contribution < -0.4 is 15.7 Å². The van der Waals surface area contributed by atoms with Crippen LogP contribution in [0.15, 0.2) is 24.3 Å². The number of fused-ring (bicyclic) bond motifs is 1. The standard InChI is InChI=1S/C15H20N2O3S/c1-21-7-6-12(15(19)20)17-14(18)13-8-10-4-2-3-5-11(10)9-16-13/h2-5,12-13,16H,6-9H2,1H3,(H,17,18)(H,19,20)/t12-,13-/m0/s1. The maximum absolute atomic E-state index is 12.2. The highest BCUT2D eigenvalue weighted by Gasteiger charge is 2.29. The van der Waals surface area contributed by atoms with Gasteiger partial charge in [-0.1, -0.05) is 24.3 Å². The lowest BCUT2D eigenvalue weighted by Crippen LogP contribution is -2.93. The minimum Gasteiger partial charge on any atom is -0.548 e. The number of rotatable bonds is 6. The number of carboxylic acids is 1. The molecule has 0 saturated carbocycles. The summed E-state index contributed by atoms with van der Waals surface area (Å²) in [6, 6.07) is 6.85. The number of nitrogens with one attached hydrogen (secondary N) is 1. The summed E-state index contributed by atoms with van der Waals surface area (Å²) in [6.45, 7) is 0.745. The lowest BCUT2D eigenvalue weighted by atomic mass is 9.95. The molecule has 0 radical (unpaired) electrons. The van der Waals surface area contributed by atoms with Crippen LogP contribution in [0.4, 0.5) is 0 Å². The van der Waals surface area contributed by atoms with E-state index >= 15 is 0 Å². The number of benzene rings is 1. The van der Waals surface area contributed by atoms with Crippen molar-refractivity contribution in [3.63, 3.8) is 0 Å². The SMILES string of the molecule is CSCC[C@H](NC(=O)[C@@H]1Cc2ccccc2C[NH2+]1)C(=O)[O-]. The van der Waals surface area contributed by atoms with Crippen molar-refractivity contribution in [3.05, 3.63) is 35.4 Å². The molecule has 0 bridgehead atoms. The number of nitrogens with two attached hydrogens (primary N) is 1. The number of carbonyl (C=O) groups is 2. The molecule has 1 aromatic carbocycles. The summed E-state index contributed by atoms with van der Waals surface area (Å²) in [7, 11) is 0. The molecule has 6 heteroatoms. The highest BCUT2D eigenvalue weighted by atomic mass is 32.2. The number of hydrogen-bond donors (Lipinski definition) is 2. The van der Waals surface area contributed by atoms with Crippen LogP contribution in [0.3, 0.4) is 0 Å². The molecule has 0 spiro atoms. The van der Waals surface area contributed by atoms with Crippen molar-refractivity contribution in [2.24, 2.45) is 0 Å². The molecular formula is C15H20N2O3S. The number of thioether (sulfide) groups is 1. The molecule has 2 atom stereocenters. The minimum atomic E-state index is -1.21. The van der Waals surface area contributed by atoms with Crippen LogP contribution in [0.1, 0.15) is 17.5 Å². The highest BCUT2D eigenvalue weighted by Crippen LogP contribution is 2.12.